The highest BCUT2D eigenvalue weighted by atomic mass is 32.1. The lowest BCUT2D eigenvalue weighted by molar-refractivity contribution is 0.0946. The van der Waals surface area contributed by atoms with Crippen molar-refractivity contribution in [3.63, 3.8) is 0 Å². The molecule has 2 aromatic rings. The Bertz CT molecular complexity index is 539. The predicted octanol–water partition coefficient (Wildman–Crippen LogP) is 1.82. The molecule has 2 rings (SSSR count). The summed E-state index contributed by atoms with van der Waals surface area (Å²) in [5, 5.41) is 9.65. The molecule has 0 saturated carbocycles. The van der Waals surface area contributed by atoms with E-state index in [1.54, 1.807) is 24.5 Å². The average Bonchev–Trinajstić information content (AvgIpc) is 2.88. The summed E-state index contributed by atoms with van der Waals surface area (Å²) in [6.07, 6.45) is 0. The van der Waals surface area contributed by atoms with Gasteiger partial charge < -0.3 is 10.6 Å². The number of hydrogen-bond acceptors (Lipinski definition) is 5. The molecule has 0 fully saturated rings. The lowest BCUT2D eigenvalue weighted by Crippen LogP contribution is -2.24. The van der Waals surface area contributed by atoms with Gasteiger partial charge in [0, 0.05) is 19.3 Å². The van der Waals surface area contributed by atoms with Gasteiger partial charge in [0.1, 0.15) is 5.69 Å². The number of carbonyl (C=O) groups is 1. The number of anilines is 1. The molecule has 2 heterocycles. The zero-order valence-electron chi connectivity index (χ0n) is 10.2. The van der Waals surface area contributed by atoms with E-state index in [1.165, 1.54) is 0 Å². The summed E-state index contributed by atoms with van der Waals surface area (Å²) in [5.74, 6) is 0.263. The van der Waals surface area contributed by atoms with Gasteiger partial charge in [-0.1, -0.05) is 0 Å². The van der Waals surface area contributed by atoms with Gasteiger partial charge in [-0.3, -0.25) is 4.79 Å². The molecular weight excluding hydrogens is 248 g/mol. The Balaban J connectivity index is 2.06. The van der Waals surface area contributed by atoms with E-state index in [0.717, 1.165) is 11.3 Å². The second-order valence-corrected chi connectivity index (χ2v) is 4.56. The van der Waals surface area contributed by atoms with Crippen LogP contribution < -0.4 is 10.6 Å². The van der Waals surface area contributed by atoms with E-state index in [2.05, 4.69) is 20.6 Å². The van der Waals surface area contributed by atoms with Crippen LogP contribution >= 0.6 is 11.3 Å². The molecule has 0 bridgehead atoms. The van der Waals surface area contributed by atoms with Crippen LogP contribution in [0.2, 0.25) is 0 Å². The number of rotatable bonds is 4. The third-order valence-electron chi connectivity index (χ3n) is 2.34. The molecule has 18 heavy (non-hydrogen) atoms. The van der Waals surface area contributed by atoms with Crippen LogP contribution in [0.15, 0.2) is 22.9 Å². The smallest absolute Gasteiger partial charge is 0.270 e. The molecule has 0 aliphatic rings. The number of amides is 1. The van der Waals surface area contributed by atoms with Crippen LogP contribution in [0.25, 0.3) is 0 Å². The summed E-state index contributed by atoms with van der Waals surface area (Å²) < 4.78 is 0. The minimum Gasteiger partial charge on any atom is -0.357 e. The monoisotopic (exact) mass is 262 g/mol. The molecule has 6 heteroatoms. The molecule has 0 atom stereocenters. The van der Waals surface area contributed by atoms with Crippen molar-refractivity contribution >= 4 is 23.2 Å². The first-order valence-corrected chi connectivity index (χ1v) is 6.46. The lowest BCUT2D eigenvalue weighted by atomic mass is 10.3. The van der Waals surface area contributed by atoms with Gasteiger partial charge in [0.15, 0.2) is 0 Å². The maximum Gasteiger partial charge on any atom is 0.270 e. The molecule has 0 radical (unpaired) electrons. The number of carbonyl (C=O) groups excluding carboxylic acids is 1. The molecule has 1 amide bonds. The minimum absolute atomic E-state index is 0.191. The van der Waals surface area contributed by atoms with E-state index in [0.29, 0.717) is 18.2 Å². The minimum atomic E-state index is -0.191. The van der Waals surface area contributed by atoms with E-state index < -0.39 is 0 Å². The van der Waals surface area contributed by atoms with Gasteiger partial charge in [0.2, 0.25) is 5.95 Å². The highest BCUT2D eigenvalue weighted by molar-refractivity contribution is 7.07. The average molecular weight is 262 g/mol. The van der Waals surface area contributed by atoms with E-state index in [4.69, 9.17) is 0 Å². The fourth-order valence-electron chi connectivity index (χ4n) is 1.46. The van der Waals surface area contributed by atoms with Crippen LogP contribution in [0.4, 0.5) is 5.95 Å². The second kappa shape index (κ2) is 5.59. The van der Waals surface area contributed by atoms with Crippen LogP contribution in [-0.4, -0.2) is 22.9 Å². The van der Waals surface area contributed by atoms with E-state index >= 15 is 0 Å². The number of thiophene rings is 1. The molecule has 2 N–H and O–H groups in total. The van der Waals surface area contributed by atoms with E-state index in [9.17, 15) is 4.79 Å². The molecule has 0 aliphatic heterocycles. The number of aryl methyl sites for hydroxylation is 1. The van der Waals surface area contributed by atoms with Gasteiger partial charge >= 0.3 is 0 Å². The van der Waals surface area contributed by atoms with Gasteiger partial charge in [-0.15, -0.1) is 0 Å². The maximum atomic E-state index is 11.9. The Morgan fingerprint density at radius 1 is 1.44 bits per heavy atom. The third kappa shape index (κ3) is 3.04. The first-order chi connectivity index (χ1) is 8.69. The molecule has 0 aliphatic carbocycles. The highest BCUT2D eigenvalue weighted by Gasteiger charge is 2.09. The standard InChI is InChI=1S/C12H14N4OS/c1-8-5-10(16-12(13-2)15-8)11(17)14-6-9-3-4-18-7-9/h3-5,7H,6H2,1-2H3,(H,14,17)(H,13,15,16). The fourth-order valence-corrected chi connectivity index (χ4v) is 2.13. The second-order valence-electron chi connectivity index (χ2n) is 3.78. The van der Waals surface area contributed by atoms with Crippen LogP contribution in [-0.2, 0) is 6.54 Å². The lowest BCUT2D eigenvalue weighted by Gasteiger charge is -2.06. The van der Waals surface area contributed by atoms with E-state index in [1.807, 2.05) is 23.8 Å². The fraction of sp³-hybridized carbons (Fsp3) is 0.250. The van der Waals surface area contributed by atoms with Crippen molar-refractivity contribution in [2.45, 2.75) is 13.5 Å². The molecule has 0 aromatic carbocycles. The Morgan fingerprint density at radius 2 is 2.28 bits per heavy atom. The summed E-state index contributed by atoms with van der Waals surface area (Å²) in [4.78, 5) is 20.2. The third-order valence-corrected chi connectivity index (χ3v) is 3.08. The zero-order valence-corrected chi connectivity index (χ0v) is 11.0. The summed E-state index contributed by atoms with van der Waals surface area (Å²) in [6.45, 7) is 2.35. The molecule has 0 spiro atoms. The first kappa shape index (κ1) is 12.5. The van der Waals surface area contributed by atoms with Crippen molar-refractivity contribution in [1.29, 1.82) is 0 Å². The summed E-state index contributed by atoms with van der Waals surface area (Å²) >= 11 is 1.61. The Labute approximate surface area is 109 Å². The molecule has 0 unspecified atom stereocenters. The predicted molar refractivity (Wildman–Crippen MR) is 71.8 cm³/mol. The van der Waals surface area contributed by atoms with Gasteiger partial charge in [0.25, 0.3) is 5.91 Å². The number of nitrogens with one attached hydrogen (secondary N) is 2. The van der Waals surface area contributed by atoms with Crippen molar-refractivity contribution in [3.8, 4) is 0 Å². The van der Waals surface area contributed by atoms with Gasteiger partial charge in [-0.25, -0.2) is 9.97 Å². The van der Waals surface area contributed by atoms with Gasteiger partial charge in [-0.2, -0.15) is 11.3 Å². The van der Waals surface area contributed by atoms with Gasteiger partial charge in [-0.05, 0) is 35.4 Å². The maximum absolute atomic E-state index is 11.9. The number of aromatic nitrogens is 2. The van der Waals surface area contributed by atoms with Crippen molar-refractivity contribution in [2.75, 3.05) is 12.4 Å². The number of hydrogen-bond donors (Lipinski definition) is 2. The van der Waals surface area contributed by atoms with Crippen molar-refractivity contribution in [3.05, 3.63) is 39.8 Å². The first-order valence-electron chi connectivity index (χ1n) is 5.52. The van der Waals surface area contributed by atoms with Crippen LogP contribution in [0.1, 0.15) is 21.7 Å². The summed E-state index contributed by atoms with van der Waals surface area (Å²) in [5.41, 5.74) is 2.23. The van der Waals surface area contributed by atoms with Crippen LogP contribution in [0, 0.1) is 6.92 Å². The van der Waals surface area contributed by atoms with E-state index in [-0.39, 0.29) is 5.91 Å². The van der Waals surface area contributed by atoms with Crippen LogP contribution in [0.3, 0.4) is 0 Å². The normalized spacial score (nSPS) is 10.1. The Morgan fingerprint density at radius 3 is 2.94 bits per heavy atom. The topological polar surface area (TPSA) is 66.9 Å². The Kier molecular flexibility index (Phi) is 3.88. The van der Waals surface area contributed by atoms with Crippen molar-refractivity contribution in [1.82, 2.24) is 15.3 Å². The molecular formula is C12H14N4OS. The number of nitrogens with zero attached hydrogens (tertiary/aromatic N) is 2. The molecule has 94 valence electrons. The Hall–Kier alpha value is -1.95. The van der Waals surface area contributed by atoms with Crippen molar-refractivity contribution in [2.24, 2.45) is 0 Å². The molecule has 0 saturated heterocycles. The highest BCUT2D eigenvalue weighted by Crippen LogP contribution is 2.07. The largest absolute Gasteiger partial charge is 0.357 e. The molecule has 5 nitrogen and oxygen atoms in total. The SMILES string of the molecule is CNc1nc(C)cc(C(=O)NCc2ccsc2)n1. The summed E-state index contributed by atoms with van der Waals surface area (Å²) in [6, 6.07) is 3.65. The summed E-state index contributed by atoms with van der Waals surface area (Å²) in [7, 11) is 1.72. The van der Waals surface area contributed by atoms with Crippen LogP contribution in [0.5, 0.6) is 0 Å². The quantitative estimate of drug-likeness (QED) is 0.882. The molecule has 2 aromatic heterocycles. The van der Waals surface area contributed by atoms with Crippen molar-refractivity contribution < 1.29 is 4.79 Å². The zero-order chi connectivity index (χ0) is 13.0. The van der Waals surface area contributed by atoms with Gasteiger partial charge in [0.05, 0.1) is 0 Å².